The average Bonchev–Trinajstić information content (AvgIpc) is 2.68. The summed E-state index contributed by atoms with van der Waals surface area (Å²) in [4.78, 5) is 10.4. The molecular formula is C20H25N3O5S. The van der Waals surface area contributed by atoms with Gasteiger partial charge in [0.2, 0.25) is 10.0 Å². The highest BCUT2D eigenvalue weighted by molar-refractivity contribution is 7.89. The molecule has 0 radical (unpaired) electrons. The molecule has 0 saturated carbocycles. The molecule has 1 N–H and O–H groups in total. The molecule has 0 unspecified atom stereocenters. The molecule has 1 heterocycles. The van der Waals surface area contributed by atoms with Gasteiger partial charge >= 0.3 is 0 Å². The zero-order chi connectivity index (χ0) is 21.2. The van der Waals surface area contributed by atoms with Gasteiger partial charge < -0.3 is 10.1 Å². The number of nitrogens with one attached hydrogen (secondary N) is 1. The predicted octanol–water partition coefficient (Wildman–Crippen LogP) is 3.41. The fourth-order valence-corrected chi connectivity index (χ4v) is 4.79. The number of aryl methyl sites for hydroxylation is 1. The second-order valence-electron chi connectivity index (χ2n) is 7.38. The molecule has 2 aromatic carbocycles. The van der Waals surface area contributed by atoms with E-state index in [0.29, 0.717) is 31.9 Å². The van der Waals surface area contributed by atoms with E-state index in [2.05, 4.69) is 19.2 Å². The summed E-state index contributed by atoms with van der Waals surface area (Å²) in [6, 6.07) is 9.41. The fourth-order valence-electron chi connectivity index (χ4n) is 3.22. The first kappa shape index (κ1) is 21.2. The van der Waals surface area contributed by atoms with Crippen LogP contribution in [0.3, 0.4) is 0 Å². The second-order valence-corrected chi connectivity index (χ2v) is 9.28. The molecule has 0 bridgehead atoms. The van der Waals surface area contributed by atoms with Gasteiger partial charge in [0.05, 0.1) is 4.92 Å². The topological polar surface area (TPSA) is 102 Å². The monoisotopic (exact) mass is 419 g/mol. The highest BCUT2D eigenvalue weighted by Gasteiger charge is 2.31. The van der Waals surface area contributed by atoms with E-state index in [1.165, 1.54) is 16.4 Å². The summed E-state index contributed by atoms with van der Waals surface area (Å²) in [6.45, 7) is 7.71. The summed E-state index contributed by atoms with van der Waals surface area (Å²) in [5, 5.41) is 14.3. The average molecular weight is 420 g/mol. The lowest BCUT2D eigenvalue weighted by Crippen LogP contribution is -2.46. The van der Waals surface area contributed by atoms with Crippen LogP contribution in [0, 0.1) is 17.0 Å². The van der Waals surface area contributed by atoms with E-state index in [1.807, 2.05) is 25.1 Å². The van der Waals surface area contributed by atoms with Crippen LogP contribution in [-0.4, -0.2) is 43.8 Å². The molecular weight excluding hydrogens is 394 g/mol. The van der Waals surface area contributed by atoms with Gasteiger partial charge in [0.15, 0.2) is 0 Å². The van der Waals surface area contributed by atoms with Crippen LogP contribution in [0.15, 0.2) is 41.3 Å². The molecule has 0 amide bonds. The van der Waals surface area contributed by atoms with Gasteiger partial charge in [0, 0.05) is 38.3 Å². The maximum absolute atomic E-state index is 13.2. The van der Waals surface area contributed by atoms with Gasteiger partial charge in [-0.3, -0.25) is 10.1 Å². The Hall–Kier alpha value is -2.49. The van der Waals surface area contributed by atoms with Crippen LogP contribution >= 0.6 is 0 Å². The highest BCUT2D eigenvalue weighted by Crippen LogP contribution is 2.35. The van der Waals surface area contributed by atoms with E-state index < -0.39 is 14.9 Å². The molecule has 9 heteroatoms. The largest absolute Gasteiger partial charge is 0.456 e. The third kappa shape index (κ3) is 4.75. The lowest BCUT2D eigenvalue weighted by atomic mass is 10.0. The number of hydrogen-bond acceptors (Lipinski definition) is 6. The molecule has 156 valence electrons. The standard InChI is InChI=1S/C20H25N3O5S/c1-14(2)16-10-15(3)11-18(12-16)28-19-5-4-17(23(24)25)13-20(19)29(26,27)22-8-6-21-7-9-22/h4-5,10-14,21H,6-9H2,1-3H3. The van der Waals surface area contributed by atoms with E-state index in [-0.39, 0.29) is 22.3 Å². The van der Waals surface area contributed by atoms with Gasteiger partial charge in [-0.1, -0.05) is 19.9 Å². The van der Waals surface area contributed by atoms with E-state index in [0.717, 1.165) is 17.2 Å². The van der Waals surface area contributed by atoms with E-state index in [4.69, 9.17) is 4.74 Å². The maximum Gasteiger partial charge on any atom is 0.271 e. The Morgan fingerprint density at radius 1 is 1.14 bits per heavy atom. The third-order valence-corrected chi connectivity index (χ3v) is 6.72. The number of rotatable bonds is 6. The number of hydrogen-bond donors (Lipinski definition) is 1. The third-order valence-electron chi connectivity index (χ3n) is 4.80. The van der Waals surface area contributed by atoms with Crippen LogP contribution in [0.2, 0.25) is 0 Å². The number of piperazine rings is 1. The zero-order valence-electron chi connectivity index (χ0n) is 16.7. The lowest BCUT2D eigenvalue weighted by molar-refractivity contribution is -0.385. The van der Waals surface area contributed by atoms with Crippen LogP contribution in [-0.2, 0) is 10.0 Å². The SMILES string of the molecule is Cc1cc(Oc2ccc([N+](=O)[O-])cc2S(=O)(=O)N2CCNCC2)cc(C(C)C)c1. The van der Waals surface area contributed by atoms with E-state index >= 15 is 0 Å². The van der Waals surface area contributed by atoms with Gasteiger partial charge in [-0.25, -0.2) is 8.42 Å². The molecule has 0 spiro atoms. The molecule has 0 atom stereocenters. The summed E-state index contributed by atoms with van der Waals surface area (Å²) >= 11 is 0. The number of nitrogens with zero attached hydrogens (tertiary/aromatic N) is 2. The molecule has 29 heavy (non-hydrogen) atoms. The molecule has 0 aromatic heterocycles. The first-order valence-corrected chi connectivity index (χ1v) is 10.9. The number of ether oxygens (including phenoxy) is 1. The summed E-state index contributed by atoms with van der Waals surface area (Å²) in [5.74, 6) is 0.854. The summed E-state index contributed by atoms with van der Waals surface area (Å²) in [7, 11) is -3.94. The number of non-ortho nitro benzene ring substituents is 1. The van der Waals surface area contributed by atoms with Crippen molar-refractivity contribution in [2.24, 2.45) is 0 Å². The molecule has 2 aromatic rings. The van der Waals surface area contributed by atoms with Gasteiger partial charge in [0.1, 0.15) is 16.4 Å². The Morgan fingerprint density at radius 3 is 2.45 bits per heavy atom. The van der Waals surface area contributed by atoms with Crippen molar-refractivity contribution in [3.63, 3.8) is 0 Å². The quantitative estimate of drug-likeness (QED) is 0.569. The van der Waals surface area contributed by atoms with E-state index in [9.17, 15) is 18.5 Å². The highest BCUT2D eigenvalue weighted by atomic mass is 32.2. The predicted molar refractivity (Wildman–Crippen MR) is 110 cm³/mol. The van der Waals surface area contributed by atoms with Crippen molar-refractivity contribution in [2.45, 2.75) is 31.6 Å². The normalized spacial score (nSPS) is 15.4. The first-order valence-electron chi connectivity index (χ1n) is 9.47. The zero-order valence-corrected chi connectivity index (χ0v) is 17.5. The number of nitro groups is 1. The summed E-state index contributed by atoms with van der Waals surface area (Å²) < 4.78 is 33.7. The van der Waals surface area contributed by atoms with Gasteiger partial charge in [-0.15, -0.1) is 0 Å². The Bertz CT molecular complexity index is 1010. The Balaban J connectivity index is 2.06. The molecule has 0 aliphatic carbocycles. The first-order chi connectivity index (χ1) is 13.7. The molecule has 3 rings (SSSR count). The van der Waals surface area contributed by atoms with Crippen molar-refractivity contribution in [3.8, 4) is 11.5 Å². The van der Waals surface area contributed by atoms with Crippen molar-refractivity contribution in [1.29, 1.82) is 0 Å². The van der Waals surface area contributed by atoms with Crippen molar-refractivity contribution in [1.82, 2.24) is 9.62 Å². The van der Waals surface area contributed by atoms with Crippen LogP contribution in [0.5, 0.6) is 11.5 Å². The van der Waals surface area contributed by atoms with Crippen molar-refractivity contribution >= 4 is 15.7 Å². The minimum Gasteiger partial charge on any atom is -0.456 e. The number of sulfonamides is 1. The minimum absolute atomic E-state index is 0.0782. The summed E-state index contributed by atoms with van der Waals surface area (Å²) in [6.07, 6.45) is 0. The van der Waals surface area contributed by atoms with Crippen molar-refractivity contribution in [2.75, 3.05) is 26.2 Å². The number of nitro benzene ring substituents is 1. The Kier molecular flexibility index (Phi) is 6.21. The van der Waals surface area contributed by atoms with Crippen molar-refractivity contribution in [3.05, 3.63) is 57.6 Å². The summed E-state index contributed by atoms with van der Waals surface area (Å²) in [5.41, 5.74) is 1.76. The lowest BCUT2D eigenvalue weighted by Gasteiger charge is -2.27. The Morgan fingerprint density at radius 2 is 1.83 bits per heavy atom. The van der Waals surface area contributed by atoms with Gasteiger partial charge in [-0.05, 0) is 42.2 Å². The van der Waals surface area contributed by atoms with E-state index in [1.54, 1.807) is 0 Å². The van der Waals surface area contributed by atoms with Crippen LogP contribution in [0.1, 0.15) is 30.9 Å². The van der Waals surface area contributed by atoms with Crippen molar-refractivity contribution < 1.29 is 18.1 Å². The molecule has 1 fully saturated rings. The molecule has 1 aliphatic rings. The number of benzene rings is 2. The smallest absolute Gasteiger partial charge is 0.271 e. The molecule has 8 nitrogen and oxygen atoms in total. The molecule has 1 aliphatic heterocycles. The fraction of sp³-hybridized carbons (Fsp3) is 0.400. The molecule has 1 saturated heterocycles. The van der Waals surface area contributed by atoms with Gasteiger partial charge in [0.25, 0.3) is 5.69 Å². The van der Waals surface area contributed by atoms with Crippen LogP contribution < -0.4 is 10.1 Å². The van der Waals surface area contributed by atoms with Crippen LogP contribution in [0.4, 0.5) is 5.69 Å². The minimum atomic E-state index is -3.94. The maximum atomic E-state index is 13.2. The van der Waals surface area contributed by atoms with Gasteiger partial charge in [-0.2, -0.15) is 4.31 Å². The second kappa shape index (κ2) is 8.48. The Labute approximate surface area is 170 Å². The van der Waals surface area contributed by atoms with Crippen LogP contribution in [0.25, 0.3) is 0 Å².